The van der Waals surface area contributed by atoms with Gasteiger partial charge in [-0.2, -0.15) is 0 Å². The van der Waals surface area contributed by atoms with Gasteiger partial charge in [-0.1, -0.05) is 24.2 Å². The maximum atomic E-state index is 12.4. The van der Waals surface area contributed by atoms with Crippen LogP contribution in [0.25, 0.3) is 0 Å². The first-order chi connectivity index (χ1) is 10.2. The molecule has 2 aromatic rings. The zero-order valence-corrected chi connectivity index (χ0v) is 12.2. The number of nitrogens with one attached hydrogen (secondary N) is 1. The molecule has 1 N–H and O–H groups in total. The molecule has 110 valence electrons. The molecule has 1 aromatic heterocycles. The van der Waals surface area contributed by atoms with Crippen LogP contribution < -0.4 is 10.2 Å². The quantitative estimate of drug-likeness (QED) is 0.934. The molecule has 3 rings (SSSR count). The summed E-state index contributed by atoms with van der Waals surface area (Å²) >= 11 is 0. The van der Waals surface area contributed by atoms with Gasteiger partial charge in [0.15, 0.2) is 0 Å². The third kappa shape index (κ3) is 2.46. The average Bonchev–Trinajstić information content (AvgIpc) is 3.12. The summed E-state index contributed by atoms with van der Waals surface area (Å²) in [6.45, 7) is 5.34. The number of aromatic nitrogens is 4. The Morgan fingerprint density at radius 3 is 3.00 bits per heavy atom. The zero-order valence-electron chi connectivity index (χ0n) is 12.2. The van der Waals surface area contributed by atoms with E-state index >= 15 is 0 Å². The molecule has 0 unspecified atom stereocenters. The van der Waals surface area contributed by atoms with E-state index in [0.29, 0.717) is 19.0 Å². The van der Waals surface area contributed by atoms with Gasteiger partial charge >= 0.3 is 6.03 Å². The summed E-state index contributed by atoms with van der Waals surface area (Å²) in [7, 11) is 0. The van der Waals surface area contributed by atoms with Crippen molar-refractivity contribution in [2.24, 2.45) is 0 Å². The first-order valence-electron chi connectivity index (χ1n) is 7.19. The standard InChI is InChI=1S/C14H18N6O/c1-3-10-5-6-12-11(9-10)7-8-19(12)14(21)15-13-16-17-18-20(13)4-2/h5-6,9H,3-4,7-8H2,1-2H3,(H,15,16,18,21). The van der Waals surface area contributed by atoms with Gasteiger partial charge < -0.3 is 0 Å². The van der Waals surface area contributed by atoms with Crippen molar-refractivity contribution in [2.45, 2.75) is 33.2 Å². The Balaban J connectivity index is 1.79. The number of carbonyl (C=O) groups excluding carboxylic acids is 1. The molecule has 0 saturated carbocycles. The molecule has 7 nitrogen and oxygen atoms in total. The van der Waals surface area contributed by atoms with Crippen LogP contribution in [0.4, 0.5) is 16.4 Å². The van der Waals surface area contributed by atoms with Crippen LogP contribution in [0.3, 0.4) is 0 Å². The first kappa shape index (κ1) is 13.5. The van der Waals surface area contributed by atoms with E-state index in [2.05, 4.69) is 39.9 Å². The van der Waals surface area contributed by atoms with Gasteiger partial charge in [-0.3, -0.25) is 10.2 Å². The highest BCUT2D eigenvalue weighted by atomic mass is 16.2. The predicted molar refractivity (Wildman–Crippen MR) is 79.4 cm³/mol. The van der Waals surface area contributed by atoms with E-state index < -0.39 is 0 Å². The van der Waals surface area contributed by atoms with Crippen LogP contribution in [0, 0.1) is 0 Å². The van der Waals surface area contributed by atoms with Gasteiger partial charge in [-0.25, -0.2) is 9.48 Å². The van der Waals surface area contributed by atoms with Crippen molar-refractivity contribution in [1.82, 2.24) is 20.2 Å². The number of rotatable bonds is 3. The number of carbonyl (C=O) groups is 1. The lowest BCUT2D eigenvalue weighted by Crippen LogP contribution is -2.34. The highest BCUT2D eigenvalue weighted by Crippen LogP contribution is 2.29. The minimum atomic E-state index is -0.192. The van der Waals surface area contributed by atoms with Gasteiger partial charge in [0.2, 0.25) is 0 Å². The smallest absolute Gasteiger partial charge is 0.294 e. The zero-order chi connectivity index (χ0) is 14.8. The highest BCUT2D eigenvalue weighted by molar-refractivity contribution is 6.02. The highest BCUT2D eigenvalue weighted by Gasteiger charge is 2.25. The van der Waals surface area contributed by atoms with E-state index in [1.54, 1.807) is 9.58 Å². The number of aryl methyl sites for hydroxylation is 2. The third-order valence-corrected chi connectivity index (χ3v) is 3.74. The Bertz CT molecular complexity index is 665. The normalized spacial score (nSPS) is 13.3. The molecule has 0 saturated heterocycles. The Morgan fingerprint density at radius 1 is 1.38 bits per heavy atom. The molecular weight excluding hydrogens is 268 g/mol. The molecule has 2 amide bonds. The van der Waals surface area contributed by atoms with E-state index in [9.17, 15) is 4.79 Å². The molecule has 1 aliphatic heterocycles. The topological polar surface area (TPSA) is 75.9 Å². The van der Waals surface area contributed by atoms with Crippen LogP contribution in [0.1, 0.15) is 25.0 Å². The fraction of sp³-hybridized carbons (Fsp3) is 0.429. The maximum Gasteiger partial charge on any atom is 0.328 e. The summed E-state index contributed by atoms with van der Waals surface area (Å²) in [6, 6.07) is 6.07. The Kier molecular flexibility index (Phi) is 3.55. The van der Waals surface area contributed by atoms with Gasteiger partial charge in [0.1, 0.15) is 0 Å². The SMILES string of the molecule is CCc1ccc2c(c1)CCN2C(=O)Nc1nnnn1CC. The van der Waals surface area contributed by atoms with Gasteiger partial charge in [0.25, 0.3) is 5.95 Å². The largest absolute Gasteiger partial charge is 0.328 e. The number of urea groups is 1. The van der Waals surface area contributed by atoms with E-state index in [1.165, 1.54) is 11.1 Å². The summed E-state index contributed by atoms with van der Waals surface area (Å²) in [5.41, 5.74) is 3.49. The van der Waals surface area contributed by atoms with E-state index in [4.69, 9.17) is 0 Å². The van der Waals surface area contributed by atoms with Crippen LogP contribution in [0.2, 0.25) is 0 Å². The molecule has 1 aliphatic rings. The Hall–Kier alpha value is -2.44. The molecule has 0 fully saturated rings. The van der Waals surface area contributed by atoms with Crippen LogP contribution >= 0.6 is 0 Å². The second-order valence-corrected chi connectivity index (χ2v) is 4.97. The lowest BCUT2D eigenvalue weighted by molar-refractivity contribution is 0.257. The van der Waals surface area contributed by atoms with Gasteiger partial charge in [0, 0.05) is 18.8 Å². The summed E-state index contributed by atoms with van der Waals surface area (Å²) in [5, 5.41) is 14.0. The van der Waals surface area contributed by atoms with Crippen molar-refractivity contribution in [1.29, 1.82) is 0 Å². The van der Waals surface area contributed by atoms with Crippen molar-refractivity contribution in [2.75, 3.05) is 16.8 Å². The summed E-state index contributed by atoms with van der Waals surface area (Å²) < 4.78 is 1.55. The number of amides is 2. The lowest BCUT2D eigenvalue weighted by atomic mass is 10.1. The van der Waals surface area contributed by atoms with Crippen LogP contribution in [-0.4, -0.2) is 32.8 Å². The van der Waals surface area contributed by atoms with Crippen molar-refractivity contribution < 1.29 is 4.79 Å². The number of hydrogen-bond donors (Lipinski definition) is 1. The molecule has 0 atom stereocenters. The minimum absolute atomic E-state index is 0.192. The molecule has 0 aliphatic carbocycles. The Labute approximate surface area is 122 Å². The number of hydrogen-bond acceptors (Lipinski definition) is 4. The monoisotopic (exact) mass is 286 g/mol. The van der Waals surface area contributed by atoms with Crippen LogP contribution in [-0.2, 0) is 19.4 Å². The van der Waals surface area contributed by atoms with Crippen LogP contribution in [0.15, 0.2) is 18.2 Å². The number of tetrazole rings is 1. The molecular formula is C14H18N6O. The predicted octanol–water partition coefficient (Wildman–Crippen LogP) is 1.85. The number of benzene rings is 1. The first-order valence-corrected chi connectivity index (χ1v) is 7.19. The molecule has 1 aromatic carbocycles. The molecule has 2 heterocycles. The van der Waals surface area contributed by atoms with Crippen molar-refractivity contribution >= 4 is 17.7 Å². The number of nitrogens with zero attached hydrogens (tertiary/aromatic N) is 5. The Morgan fingerprint density at radius 2 is 2.24 bits per heavy atom. The van der Waals surface area contributed by atoms with Gasteiger partial charge in [0.05, 0.1) is 0 Å². The van der Waals surface area contributed by atoms with E-state index in [-0.39, 0.29) is 6.03 Å². The minimum Gasteiger partial charge on any atom is -0.294 e. The third-order valence-electron chi connectivity index (χ3n) is 3.74. The number of fused-ring (bicyclic) bond motifs is 1. The van der Waals surface area contributed by atoms with Crippen molar-refractivity contribution in [3.05, 3.63) is 29.3 Å². The summed E-state index contributed by atoms with van der Waals surface area (Å²) in [4.78, 5) is 14.1. The lowest BCUT2D eigenvalue weighted by Gasteiger charge is -2.17. The van der Waals surface area contributed by atoms with Crippen molar-refractivity contribution in [3.63, 3.8) is 0 Å². The molecule has 0 spiro atoms. The van der Waals surface area contributed by atoms with Gasteiger partial charge in [-0.05, 0) is 47.4 Å². The summed E-state index contributed by atoms with van der Waals surface area (Å²) in [5.74, 6) is 0.376. The summed E-state index contributed by atoms with van der Waals surface area (Å²) in [6.07, 6.45) is 1.89. The van der Waals surface area contributed by atoms with E-state index in [0.717, 1.165) is 18.5 Å². The second kappa shape index (κ2) is 5.51. The average molecular weight is 286 g/mol. The van der Waals surface area contributed by atoms with Gasteiger partial charge in [-0.15, -0.1) is 0 Å². The maximum absolute atomic E-state index is 12.4. The fourth-order valence-corrected chi connectivity index (χ4v) is 2.56. The molecule has 21 heavy (non-hydrogen) atoms. The number of anilines is 2. The molecule has 0 radical (unpaired) electrons. The second-order valence-electron chi connectivity index (χ2n) is 4.97. The fourth-order valence-electron chi connectivity index (χ4n) is 2.56. The molecule has 0 bridgehead atoms. The molecule has 7 heteroatoms. The van der Waals surface area contributed by atoms with Crippen molar-refractivity contribution in [3.8, 4) is 0 Å². The van der Waals surface area contributed by atoms with Crippen LogP contribution in [0.5, 0.6) is 0 Å². The van der Waals surface area contributed by atoms with E-state index in [1.807, 2.05) is 13.0 Å².